The Morgan fingerprint density at radius 3 is 2.65 bits per heavy atom. The standard InChI is InChI=1S/C25H30N2O4/c1-30-23-9-5-3-7-19(23)25(29)27-15-21-24(18-6-2-4-8-20(18)27)22(16-28)26(21)14-17-10-12-31-13-11-17/h2-9,17,21-22,24,28H,10-16H2,1H3/t21-,22+,24-/m0/s1. The molecule has 2 fully saturated rings. The molecule has 0 saturated carbocycles. The molecule has 2 aromatic rings. The van der Waals surface area contributed by atoms with Gasteiger partial charge in [0.05, 0.1) is 19.3 Å². The van der Waals surface area contributed by atoms with Crippen molar-refractivity contribution in [2.45, 2.75) is 30.8 Å². The van der Waals surface area contributed by atoms with Crippen molar-refractivity contribution in [3.8, 4) is 5.75 Å². The second-order valence-electron chi connectivity index (χ2n) is 8.77. The summed E-state index contributed by atoms with van der Waals surface area (Å²) >= 11 is 0. The van der Waals surface area contributed by atoms with Gasteiger partial charge in [-0.25, -0.2) is 0 Å². The number of carbonyl (C=O) groups excluding carboxylic acids is 1. The minimum atomic E-state index is -0.0400. The molecule has 0 spiro atoms. The molecule has 0 unspecified atom stereocenters. The molecule has 1 amide bonds. The number of methoxy groups -OCH3 is 1. The number of benzene rings is 2. The van der Waals surface area contributed by atoms with Crippen LogP contribution in [0.3, 0.4) is 0 Å². The first-order valence-corrected chi connectivity index (χ1v) is 11.2. The van der Waals surface area contributed by atoms with E-state index in [1.165, 1.54) is 0 Å². The zero-order valence-corrected chi connectivity index (χ0v) is 17.9. The van der Waals surface area contributed by atoms with Crippen molar-refractivity contribution in [3.63, 3.8) is 0 Å². The summed E-state index contributed by atoms with van der Waals surface area (Å²) in [6.07, 6.45) is 2.12. The van der Waals surface area contributed by atoms with Gasteiger partial charge >= 0.3 is 0 Å². The molecule has 6 heteroatoms. The number of amides is 1. The fourth-order valence-corrected chi connectivity index (χ4v) is 5.62. The van der Waals surface area contributed by atoms with E-state index >= 15 is 0 Å². The van der Waals surface area contributed by atoms with Gasteiger partial charge in [-0.05, 0) is 42.5 Å². The molecule has 0 bridgehead atoms. The summed E-state index contributed by atoms with van der Waals surface area (Å²) in [5.74, 6) is 1.39. The average Bonchev–Trinajstić information content (AvgIpc) is 2.82. The van der Waals surface area contributed by atoms with Crippen LogP contribution in [-0.4, -0.2) is 68.0 Å². The summed E-state index contributed by atoms with van der Waals surface area (Å²) in [6.45, 7) is 3.35. The third-order valence-corrected chi connectivity index (χ3v) is 7.22. The molecular weight excluding hydrogens is 392 g/mol. The van der Waals surface area contributed by atoms with Gasteiger partial charge in [0.25, 0.3) is 5.91 Å². The van der Waals surface area contributed by atoms with Gasteiger partial charge in [0.1, 0.15) is 5.75 Å². The number of aliphatic hydroxyl groups excluding tert-OH is 1. The second kappa shape index (κ2) is 8.61. The Bertz CT molecular complexity index is 943. The van der Waals surface area contributed by atoms with Crippen LogP contribution in [0.1, 0.15) is 34.7 Å². The molecule has 0 radical (unpaired) electrons. The van der Waals surface area contributed by atoms with Crippen LogP contribution in [0.15, 0.2) is 48.5 Å². The third-order valence-electron chi connectivity index (χ3n) is 7.22. The number of para-hydroxylation sites is 2. The SMILES string of the molecule is COc1ccccc1C(=O)N1C[C@H]2[C@H](c3ccccc31)[C@@H](CO)N2CC1CCOCC1. The Balaban J connectivity index is 1.47. The summed E-state index contributed by atoms with van der Waals surface area (Å²) in [7, 11) is 1.60. The summed E-state index contributed by atoms with van der Waals surface area (Å²) in [6, 6.07) is 15.9. The van der Waals surface area contributed by atoms with Crippen LogP contribution in [0.5, 0.6) is 5.75 Å². The molecule has 3 aliphatic heterocycles. The predicted octanol–water partition coefficient (Wildman–Crippen LogP) is 2.91. The maximum atomic E-state index is 13.6. The smallest absolute Gasteiger partial charge is 0.262 e. The van der Waals surface area contributed by atoms with Crippen LogP contribution in [0, 0.1) is 5.92 Å². The molecule has 5 rings (SSSR count). The summed E-state index contributed by atoms with van der Waals surface area (Å²) in [5.41, 5.74) is 2.68. The van der Waals surface area contributed by atoms with Crippen molar-refractivity contribution in [3.05, 3.63) is 59.7 Å². The quantitative estimate of drug-likeness (QED) is 0.803. The molecule has 3 aliphatic rings. The Hall–Kier alpha value is -2.41. The van der Waals surface area contributed by atoms with Gasteiger partial charge in [-0.2, -0.15) is 0 Å². The molecule has 1 N–H and O–H groups in total. The molecule has 164 valence electrons. The first-order valence-electron chi connectivity index (χ1n) is 11.2. The Morgan fingerprint density at radius 1 is 1.13 bits per heavy atom. The van der Waals surface area contributed by atoms with Gasteiger partial charge in [0.15, 0.2) is 0 Å². The molecular formula is C25H30N2O4. The van der Waals surface area contributed by atoms with Crippen molar-refractivity contribution in [2.75, 3.05) is 44.9 Å². The number of aliphatic hydroxyl groups is 1. The summed E-state index contributed by atoms with van der Waals surface area (Å²) in [5, 5.41) is 10.2. The van der Waals surface area contributed by atoms with E-state index < -0.39 is 0 Å². The first kappa shape index (κ1) is 20.5. The van der Waals surface area contributed by atoms with Crippen LogP contribution in [0.4, 0.5) is 5.69 Å². The minimum absolute atomic E-state index is 0.0400. The normalized spacial score (nSPS) is 26.0. The highest BCUT2D eigenvalue weighted by atomic mass is 16.5. The van der Waals surface area contributed by atoms with Gasteiger partial charge in [-0.1, -0.05) is 30.3 Å². The van der Waals surface area contributed by atoms with E-state index in [1.54, 1.807) is 7.11 Å². The van der Waals surface area contributed by atoms with E-state index in [0.717, 1.165) is 43.9 Å². The lowest BCUT2D eigenvalue weighted by Crippen LogP contribution is -2.70. The van der Waals surface area contributed by atoms with Crippen molar-refractivity contribution in [1.29, 1.82) is 0 Å². The van der Waals surface area contributed by atoms with E-state index in [0.29, 0.717) is 23.8 Å². The molecule has 0 aliphatic carbocycles. The largest absolute Gasteiger partial charge is 0.496 e. The molecule has 2 saturated heterocycles. The van der Waals surface area contributed by atoms with E-state index in [4.69, 9.17) is 9.47 Å². The summed E-state index contributed by atoms with van der Waals surface area (Å²) in [4.78, 5) is 18.0. The topological polar surface area (TPSA) is 62.2 Å². The Morgan fingerprint density at radius 2 is 1.87 bits per heavy atom. The number of hydrogen-bond donors (Lipinski definition) is 1. The lowest BCUT2D eigenvalue weighted by atomic mass is 9.71. The lowest BCUT2D eigenvalue weighted by Gasteiger charge is -2.60. The van der Waals surface area contributed by atoms with E-state index in [2.05, 4.69) is 11.0 Å². The lowest BCUT2D eigenvalue weighted by molar-refractivity contribution is -0.0625. The van der Waals surface area contributed by atoms with Gasteiger partial charge in [0, 0.05) is 50.0 Å². The Kier molecular flexibility index (Phi) is 5.69. The number of ether oxygens (including phenoxy) is 2. The highest BCUT2D eigenvalue weighted by Gasteiger charge is 2.53. The number of rotatable bonds is 5. The molecule has 0 aromatic heterocycles. The fraction of sp³-hybridized carbons (Fsp3) is 0.480. The number of fused-ring (bicyclic) bond motifs is 3. The van der Waals surface area contributed by atoms with Crippen LogP contribution in [0.2, 0.25) is 0 Å². The number of likely N-dealkylation sites (tertiary alicyclic amines) is 1. The second-order valence-corrected chi connectivity index (χ2v) is 8.77. The Labute approximate surface area is 183 Å². The van der Waals surface area contributed by atoms with E-state index in [1.807, 2.05) is 47.4 Å². The number of hydrogen-bond acceptors (Lipinski definition) is 5. The maximum absolute atomic E-state index is 13.6. The predicted molar refractivity (Wildman–Crippen MR) is 119 cm³/mol. The van der Waals surface area contributed by atoms with Crippen molar-refractivity contribution < 1.29 is 19.4 Å². The third kappa shape index (κ3) is 3.53. The highest BCUT2D eigenvalue weighted by molar-refractivity contribution is 6.08. The van der Waals surface area contributed by atoms with Crippen LogP contribution in [-0.2, 0) is 4.74 Å². The first-order chi connectivity index (χ1) is 15.2. The highest BCUT2D eigenvalue weighted by Crippen LogP contribution is 2.49. The average molecular weight is 423 g/mol. The molecule has 3 atom stereocenters. The molecule has 3 heterocycles. The van der Waals surface area contributed by atoms with E-state index in [9.17, 15) is 9.90 Å². The molecule has 2 aromatic carbocycles. The van der Waals surface area contributed by atoms with Gasteiger partial charge in [-0.3, -0.25) is 9.69 Å². The molecule has 6 nitrogen and oxygen atoms in total. The van der Waals surface area contributed by atoms with Crippen molar-refractivity contribution in [2.24, 2.45) is 5.92 Å². The van der Waals surface area contributed by atoms with Gasteiger partial charge in [-0.15, -0.1) is 0 Å². The van der Waals surface area contributed by atoms with Gasteiger partial charge in [0.2, 0.25) is 0 Å². The minimum Gasteiger partial charge on any atom is -0.496 e. The monoisotopic (exact) mass is 422 g/mol. The van der Waals surface area contributed by atoms with Crippen LogP contribution < -0.4 is 9.64 Å². The van der Waals surface area contributed by atoms with E-state index in [-0.39, 0.29) is 30.5 Å². The summed E-state index contributed by atoms with van der Waals surface area (Å²) < 4.78 is 11.0. The zero-order chi connectivity index (χ0) is 21.4. The number of anilines is 1. The maximum Gasteiger partial charge on any atom is 0.262 e. The molecule has 31 heavy (non-hydrogen) atoms. The van der Waals surface area contributed by atoms with Gasteiger partial charge < -0.3 is 19.5 Å². The zero-order valence-electron chi connectivity index (χ0n) is 17.9. The van der Waals surface area contributed by atoms with Crippen molar-refractivity contribution >= 4 is 11.6 Å². The van der Waals surface area contributed by atoms with Crippen LogP contribution in [0.25, 0.3) is 0 Å². The van der Waals surface area contributed by atoms with Crippen LogP contribution >= 0.6 is 0 Å². The fourth-order valence-electron chi connectivity index (χ4n) is 5.62. The van der Waals surface area contributed by atoms with Crippen molar-refractivity contribution in [1.82, 2.24) is 4.90 Å². The number of nitrogens with zero attached hydrogens (tertiary/aromatic N) is 2. The number of carbonyl (C=O) groups is 1.